The third-order valence-electron chi connectivity index (χ3n) is 5.34. The Morgan fingerprint density at radius 2 is 2.10 bits per heavy atom. The van der Waals surface area contributed by atoms with E-state index in [1.54, 1.807) is 18.2 Å². The number of likely N-dealkylation sites (N-methyl/N-ethyl adjacent to an activating group) is 1. The molecule has 3 atom stereocenters. The molecule has 2 aliphatic heterocycles. The summed E-state index contributed by atoms with van der Waals surface area (Å²) >= 11 is 0. The van der Waals surface area contributed by atoms with Gasteiger partial charge in [-0.15, -0.1) is 0 Å². The van der Waals surface area contributed by atoms with Crippen LogP contribution >= 0.6 is 0 Å². The number of β-lactam (4-membered cyclic amide) rings is 1. The van der Waals surface area contributed by atoms with E-state index in [2.05, 4.69) is 10.3 Å². The van der Waals surface area contributed by atoms with Crippen molar-refractivity contribution in [1.82, 2.24) is 20.1 Å². The van der Waals surface area contributed by atoms with Crippen LogP contribution in [0.25, 0.3) is 6.08 Å². The molecule has 1 aromatic rings. The predicted molar refractivity (Wildman–Crippen MR) is 110 cm³/mol. The van der Waals surface area contributed by atoms with E-state index in [1.807, 2.05) is 19.0 Å². The second-order valence-electron chi connectivity index (χ2n) is 7.82. The minimum absolute atomic E-state index is 0.0656. The zero-order valence-electron chi connectivity index (χ0n) is 17.3. The number of aliphatic carboxylic acids is 1. The van der Waals surface area contributed by atoms with E-state index in [9.17, 15) is 27.9 Å². The molecule has 0 unspecified atom stereocenters. The number of fused-ring (bicyclic) bond motifs is 1. The summed E-state index contributed by atoms with van der Waals surface area (Å²) < 4.78 is 29.7. The van der Waals surface area contributed by atoms with Crippen LogP contribution in [0, 0.1) is 0 Å². The maximum Gasteiger partial charge on any atom is 0.407 e. The second kappa shape index (κ2) is 8.27. The monoisotopic (exact) mass is 452 g/mol. The largest absolute Gasteiger partial charge is 0.480 e. The van der Waals surface area contributed by atoms with Gasteiger partial charge in [-0.2, -0.15) is 0 Å². The van der Waals surface area contributed by atoms with Crippen molar-refractivity contribution in [3.05, 3.63) is 35.7 Å². The Hall–Kier alpha value is -2.99. The Bertz CT molecular complexity index is 1020. The van der Waals surface area contributed by atoms with Gasteiger partial charge >= 0.3 is 12.1 Å². The number of rotatable bonds is 7. The molecule has 31 heavy (non-hydrogen) atoms. The van der Waals surface area contributed by atoms with Gasteiger partial charge in [0.05, 0.1) is 11.3 Å². The number of sulfone groups is 1. The Morgan fingerprint density at radius 1 is 1.39 bits per heavy atom. The van der Waals surface area contributed by atoms with Gasteiger partial charge < -0.3 is 25.0 Å². The number of carbonyl (C=O) groups is 3. The number of ether oxygens (including phenoxy) is 1. The van der Waals surface area contributed by atoms with Crippen molar-refractivity contribution in [2.45, 2.75) is 23.1 Å². The average molecular weight is 452 g/mol. The lowest BCUT2D eigenvalue weighted by Crippen LogP contribution is -2.59. The molecule has 3 heterocycles. The summed E-state index contributed by atoms with van der Waals surface area (Å²) in [6.45, 7) is 1.27. The fraction of sp³-hybridized carbons (Fsp3) is 0.474. The van der Waals surface area contributed by atoms with E-state index in [-0.39, 0.29) is 12.1 Å². The van der Waals surface area contributed by atoms with Crippen molar-refractivity contribution >= 4 is 33.9 Å². The van der Waals surface area contributed by atoms with E-state index >= 15 is 0 Å². The van der Waals surface area contributed by atoms with Crippen LogP contribution in [-0.2, 0) is 24.2 Å². The number of nitrogens with zero attached hydrogens (tertiary/aromatic N) is 3. The molecule has 2 saturated heterocycles. The highest BCUT2D eigenvalue weighted by atomic mass is 32.2. The molecule has 2 aliphatic rings. The van der Waals surface area contributed by atoms with Gasteiger partial charge in [-0.05, 0) is 39.2 Å². The Kier molecular flexibility index (Phi) is 6.05. The zero-order chi connectivity index (χ0) is 23.0. The summed E-state index contributed by atoms with van der Waals surface area (Å²) in [6.07, 6.45) is 1.96. The third kappa shape index (κ3) is 3.88. The average Bonchev–Trinajstić information content (AvgIpc) is 2.86. The molecule has 0 bridgehead atoms. The number of carbonyl (C=O) groups excluding carboxylic acids is 2. The molecule has 168 valence electrons. The number of carboxylic acid groups (broad SMARTS) is 1. The normalized spacial score (nSPS) is 27.7. The topological polar surface area (TPSA) is 146 Å². The fourth-order valence-corrected chi connectivity index (χ4v) is 5.93. The number of nitrogens with one attached hydrogen (secondary N) is 1. The van der Waals surface area contributed by atoms with Crippen molar-refractivity contribution in [2.24, 2.45) is 0 Å². The molecule has 11 nitrogen and oxygen atoms in total. The van der Waals surface area contributed by atoms with Crippen molar-refractivity contribution in [3.8, 4) is 0 Å². The van der Waals surface area contributed by atoms with Gasteiger partial charge in [-0.25, -0.2) is 18.0 Å². The molecule has 0 aromatic carbocycles. The first kappa shape index (κ1) is 22.7. The maximum atomic E-state index is 13.3. The lowest BCUT2D eigenvalue weighted by atomic mass is 9.94. The molecule has 0 saturated carbocycles. The van der Waals surface area contributed by atoms with Gasteiger partial charge in [0.25, 0.3) is 5.91 Å². The summed E-state index contributed by atoms with van der Waals surface area (Å²) in [4.78, 5) is 43.3. The van der Waals surface area contributed by atoms with E-state index < -0.39 is 50.6 Å². The van der Waals surface area contributed by atoms with Gasteiger partial charge in [-0.3, -0.25) is 9.78 Å². The molecular weight excluding hydrogens is 428 g/mol. The minimum Gasteiger partial charge on any atom is -0.480 e. The Labute approximate surface area is 179 Å². The summed E-state index contributed by atoms with van der Waals surface area (Å²) in [5.74, 6) is -2.19. The molecule has 12 heteroatoms. The molecule has 0 aliphatic carbocycles. The number of pyridine rings is 1. The molecule has 2 amide bonds. The molecule has 0 radical (unpaired) electrons. The summed E-state index contributed by atoms with van der Waals surface area (Å²) in [7, 11) is -0.612. The van der Waals surface area contributed by atoms with Gasteiger partial charge in [0.2, 0.25) is 0 Å². The van der Waals surface area contributed by atoms with Crippen LogP contribution in [0.5, 0.6) is 0 Å². The van der Waals surface area contributed by atoms with E-state index in [1.165, 1.54) is 19.2 Å². The van der Waals surface area contributed by atoms with Crippen LogP contribution in [-0.4, -0.2) is 96.2 Å². The molecule has 2 fully saturated rings. The Balaban J connectivity index is 1.86. The lowest BCUT2D eigenvalue weighted by molar-refractivity contribution is -0.153. The van der Waals surface area contributed by atoms with Gasteiger partial charge in [-0.1, -0.05) is 6.07 Å². The molecule has 2 N–H and O–H groups in total. The summed E-state index contributed by atoms with van der Waals surface area (Å²) in [6, 6.07) is 3.25. The fourth-order valence-electron chi connectivity index (χ4n) is 3.66. The highest BCUT2D eigenvalue weighted by Crippen LogP contribution is 2.49. The SMILES string of the molecule is CN(C)CCNC(=O)OC[C@@]1(C)[C@H](C(=O)O)N2C(=O)C(=Cc3ccccn3)[C@H]2S1(=O)=O. The van der Waals surface area contributed by atoms with Gasteiger partial charge in [0.1, 0.15) is 11.4 Å². The second-order valence-corrected chi connectivity index (χ2v) is 10.3. The first-order valence-electron chi connectivity index (χ1n) is 9.47. The maximum absolute atomic E-state index is 13.3. The van der Waals surface area contributed by atoms with Crippen molar-refractivity contribution in [1.29, 1.82) is 0 Å². The van der Waals surface area contributed by atoms with Gasteiger partial charge in [0.15, 0.2) is 21.3 Å². The highest BCUT2D eigenvalue weighted by Gasteiger charge is 2.72. The van der Waals surface area contributed by atoms with E-state index in [0.29, 0.717) is 12.2 Å². The summed E-state index contributed by atoms with van der Waals surface area (Å²) in [5, 5.41) is 10.7. The predicted octanol–water partition coefficient (Wildman–Crippen LogP) is -0.439. The number of carboxylic acids is 1. The van der Waals surface area contributed by atoms with Crippen LogP contribution in [0.2, 0.25) is 0 Å². The highest BCUT2D eigenvalue weighted by molar-refractivity contribution is 7.94. The lowest BCUT2D eigenvalue weighted by Gasteiger charge is -2.37. The van der Waals surface area contributed by atoms with Gasteiger partial charge in [0, 0.05) is 19.3 Å². The number of aromatic nitrogens is 1. The number of amides is 2. The van der Waals surface area contributed by atoms with Crippen LogP contribution in [0.4, 0.5) is 4.79 Å². The molecular formula is C19H24N4O7S. The quantitative estimate of drug-likeness (QED) is 0.415. The van der Waals surface area contributed by atoms with Crippen molar-refractivity contribution in [3.63, 3.8) is 0 Å². The number of alkyl carbamates (subject to hydrolysis) is 1. The zero-order valence-corrected chi connectivity index (χ0v) is 18.1. The molecule has 3 rings (SSSR count). The smallest absolute Gasteiger partial charge is 0.407 e. The minimum atomic E-state index is -4.24. The standard InChI is InChI=1S/C19H24N4O7S/c1-19(11-30-18(27)21-8-9-22(2)3)14(17(25)26)23-15(24)13(16(23)31(19,28)29)10-12-6-4-5-7-20-12/h4-7,10,14,16H,8-9,11H2,1-3H3,(H,21,27)(H,25,26)/t14-,16+,19-/m0/s1. The Morgan fingerprint density at radius 3 is 2.68 bits per heavy atom. The van der Waals surface area contributed by atoms with E-state index in [0.717, 1.165) is 4.90 Å². The first-order chi connectivity index (χ1) is 14.5. The number of hydrogen-bond acceptors (Lipinski definition) is 8. The third-order valence-corrected chi connectivity index (χ3v) is 8.05. The van der Waals surface area contributed by atoms with Crippen LogP contribution < -0.4 is 5.32 Å². The molecule has 0 spiro atoms. The number of hydrogen-bond donors (Lipinski definition) is 2. The van der Waals surface area contributed by atoms with Crippen molar-refractivity contribution < 1.29 is 32.6 Å². The molecule has 1 aromatic heterocycles. The first-order valence-corrected chi connectivity index (χ1v) is 11.0. The van der Waals surface area contributed by atoms with E-state index in [4.69, 9.17) is 4.74 Å². The van der Waals surface area contributed by atoms with Crippen LogP contribution in [0.3, 0.4) is 0 Å². The van der Waals surface area contributed by atoms with Crippen molar-refractivity contribution in [2.75, 3.05) is 33.8 Å². The summed E-state index contributed by atoms with van der Waals surface area (Å²) in [5.41, 5.74) is 0.307. The van der Waals surface area contributed by atoms with Crippen LogP contribution in [0.15, 0.2) is 30.0 Å². The van der Waals surface area contributed by atoms with Crippen LogP contribution in [0.1, 0.15) is 12.6 Å².